The largest absolute Gasteiger partial charge is 0.323 e. The molecule has 0 bridgehead atoms. The van der Waals surface area contributed by atoms with E-state index >= 15 is 0 Å². The van der Waals surface area contributed by atoms with E-state index in [1.807, 2.05) is 4.90 Å². The van der Waals surface area contributed by atoms with Gasteiger partial charge in [0.2, 0.25) is 0 Å². The second-order valence-electron chi connectivity index (χ2n) is 6.64. The van der Waals surface area contributed by atoms with Gasteiger partial charge in [0.1, 0.15) is 0 Å². The molecule has 0 aromatic carbocycles. The fraction of sp³-hybridized carbons (Fsp3) is 0.923. The fourth-order valence-electron chi connectivity index (χ4n) is 2.98. The molecule has 110 valence electrons. The summed E-state index contributed by atoms with van der Waals surface area (Å²) >= 11 is 0. The first-order valence-corrected chi connectivity index (χ1v) is 8.79. The van der Waals surface area contributed by atoms with Crippen LogP contribution in [-0.2, 0) is 9.84 Å². The second kappa shape index (κ2) is 4.96. The lowest BCUT2D eigenvalue weighted by Crippen LogP contribution is -2.53. The molecule has 2 fully saturated rings. The van der Waals surface area contributed by atoms with Crippen LogP contribution in [0.1, 0.15) is 33.6 Å². The van der Waals surface area contributed by atoms with Crippen molar-refractivity contribution in [1.29, 1.82) is 0 Å². The van der Waals surface area contributed by atoms with Gasteiger partial charge in [0.15, 0.2) is 9.84 Å². The minimum atomic E-state index is -2.93. The van der Waals surface area contributed by atoms with E-state index in [1.165, 1.54) is 0 Å². The van der Waals surface area contributed by atoms with E-state index in [-0.39, 0.29) is 29.0 Å². The van der Waals surface area contributed by atoms with Crippen molar-refractivity contribution < 1.29 is 13.2 Å². The maximum Gasteiger partial charge on any atom is 0.320 e. The lowest BCUT2D eigenvalue weighted by molar-refractivity contribution is 0.117. The molecular formula is C13H24N2O3S. The predicted octanol–water partition coefficient (Wildman–Crippen LogP) is 1.35. The highest BCUT2D eigenvalue weighted by Gasteiger charge is 2.39. The van der Waals surface area contributed by atoms with Crippen LogP contribution in [0.25, 0.3) is 0 Å². The summed E-state index contributed by atoms with van der Waals surface area (Å²) < 4.78 is 22.8. The molecule has 0 aromatic rings. The Morgan fingerprint density at radius 3 is 2.21 bits per heavy atom. The number of nitrogens with zero attached hydrogens (tertiary/aromatic N) is 2. The highest BCUT2D eigenvalue weighted by Crippen LogP contribution is 2.33. The highest BCUT2D eigenvalue weighted by atomic mass is 32.2. The number of rotatable bonds is 0. The smallest absolute Gasteiger partial charge is 0.320 e. The van der Waals surface area contributed by atoms with Crippen molar-refractivity contribution in [2.75, 3.05) is 31.1 Å². The number of urea groups is 1. The Labute approximate surface area is 115 Å². The molecule has 0 aromatic heterocycles. The van der Waals surface area contributed by atoms with E-state index in [2.05, 4.69) is 20.8 Å². The van der Waals surface area contributed by atoms with Gasteiger partial charge < -0.3 is 9.80 Å². The maximum atomic E-state index is 12.5. The van der Waals surface area contributed by atoms with Gasteiger partial charge in [0.25, 0.3) is 0 Å². The Morgan fingerprint density at radius 2 is 1.68 bits per heavy atom. The van der Waals surface area contributed by atoms with E-state index in [4.69, 9.17) is 0 Å². The van der Waals surface area contributed by atoms with Gasteiger partial charge in [0, 0.05) is 25.7 Å². The molecule has 2 aliphatic heterocycles. The standard InChI is InChI=1S/C13H24N2O3S/c1-13(2,3)11-5-4-6-15(11)12(16)14-7-9-19(17,18)10-8-14/h11H,4-10H2,1-3H3. The molecule has 2 saturated heterocycles. The monoisotopic (exact) mass is 288 g/mol. The van der Waals surface area contributed by atoms with Crippen LogP contribution in [0.3, 0.4) is 0 Å². The molecule has 2 heterocycles. The molecule has 2 aliphatic rings. The Hall–Kier alpha value is -0.780. The first-order chi connectivity index (χ1) is 8.71. The fourth-order valence-corrected chi connectivity index (χ4v) is 4.18. The Kier molecular flexibility index (Phi) is 3.82. The molecule has 0 radical (unpaired) electrons. The van der Waals surface area contributed by atoms with Gasteiger partial charge >= 0.3 is 6.03 Å². The van der Waals surface area contributed by atoms with Crippen molar-refractivity contribution >= 4 is 15.9 Å². The van der Waals surface area contributed by atoms with Crippen molar-refractivity contribution in [2.45, 2.75) is 39.7 Å². The Balaban J connectivity index is 2.04. The van der Waals surface area contributed by atoms with E-state index < -0.39 is 9.84 Å². The van der Waals surface area contributed by atoms with Gasteiger partial charge in [-0.15, -0.1) is 0 Å². The molecule has 0 saturated carbocycles. The van der Waals surface area contributed by atoms with Crippen molar-refractivity contribution in [3.8, 4) is 0 Å². The van der Waals surface area contributed by atoms with Crippen molar-refractivity contribution in [3.63, 3.8) is 0 Å². The lowest BCUT2D eigenvalue weighted by Gasteiger charge is -2.39. The minimum absolute atomic E-state index is 0.0207. The summed E-state index contributed by atoms with van der Waals surface area (Å²) in [6.07, 6.45) is 2.08. The quantitative estimate of drug-likeness (QED) is 0.676. The van der Waals surface area contributed by atoms with Crippen LogP contribution < -0.4 is 0 Å². The Bertz CT molecular complexity index is 439. The van der Waals surface area contributed by atoms with Crippen molar-refractivity contribution in [2.24, 2.45) is 5.41 Å². The average molecular weight is 288 g/mol. The summed E-state index contributed by atoms with van der Waals surface area (Å²) in [5.74, 6) is 0.208. The minimum Gasteiger partial charge on any atom is -0.323 e. The van der Waals surface area contributed by atoms with Crippen LogP contribution in [0.2, 0.25) is 0 Å². The summed E-state index contributed by atoms with van der Waals surface area (Å²) in [7, 11) is -2.93. The van der Waals surface area contributed by atoms with E-state index in [0.29, 0.717) is 13.1 Å². The molecule has 2 rings (SSSR count). The molecule has 0 spiro atoms. The highest BCUT2D eigenvalue weighted by molar-refractivity contribution is 7.91. The van der Waals surface area contributed by atoms with Crippen LogP contribution >= 0.6 is 0 Å². The lowest BCUT2D eigenvalue weighted by atomic mass is 9.85. The second-order valence-corrected chi connectivity index (χ2v) is 8.94. The van der Waals surface area contributed by atoms with Gasteiger partial charge in [-0.05, 0) is 18.3 Å². The Morgan fingerprint density at radius 1 is 1.11 bits per heavy atom. The number of carbonyl (C=O) groups excluding carboxylic acids is 1. The van der Waals surface area contributed by atoms with Crippen molar-refractivity contribution in [1.82, 2.24) is 9.80 Å². The normalized spacial score (nSPS) is 27.6. The van der Waals surface area contributed by atoms with Crippen LogP contribution in [0, 0.1) is 5.41 Å². The third kappa shape index (κ3) is 3.22. The number of amides is 2. The number of likely N-dealkylation sites (tertiary alicyclic amines) is 1. The molecule has 5 nitrogen and oxygen atoms in total. The molecule has 1 unspecified atom stereocenters. The van der Waals surface area contributed by atoms with Crippen LogP contribution in [0.4, 0.5) is 4.79 Å². The predicted molar refractivity (Wildman–Crippen MR) is 74.8 cm³/mol. The summed E-state index contributed by atoms with van der Waals surface area (Å²) in [4.78, 5) is 16.2. The number of carbonyl (C=O) groups is 1. The van der Waals surface area contributed by atoms with E-state index in [0.717, 1.165) is 19.4 Å². The van der Waals surface area contributed by atoms with Gasteiger partial charge in [-0.1, -0.05) is 20.8 Å². The summed E-state index contributed by atoms with van der Waals surface area (Å²) in [5, 5.41) is 0. The third-order valence-corrected chi connectivity index (χ3v) is 5.72. The zero-order chi connectivity index (χ0) is 14.3. The van der Waals surface area contributed by atoms with Gasteiger partial charge in [0.05, 0.1) is 11.5 Å². The molecule has 0 N–H and O–H groups in total. The maximum absolute atomic E-state index is 12.5. The molecule has 2 amide bonds. The van der Waals surface area contributed by atoms with Crippen LogP contribution in [0.15, 0.2) is 0 Å². The summed E-state index contributed by atoms with van der Waals surface area (Å²) in [6.45, 7) is 7.95. The van der Waals surface area contributed by atoms with Crippen LogP contribution in [-0.4, -0.2) is 61.4 Å². The number of hydrogen-bond acceptors (Lipinski definition) is 3. The third-order valence-electron chi connectivity index (χ3n) is 4.11. The number of hydrogen-bond donors (Lipinski definition) is 0. The SMILES string of the molecule is CC(C)(C)C1CCCN1C(=O)N1CCS(=O)(=O)CC1. The van der Waals surface area contributed by atoms with E-state index in [1.54, 1.807) is 4.90 Å². The van der Waals surface area contributed by atoms with Gasteiger partial charge in [-0.3, -0.25) is 0 Å². The summed E-state index contributed by atoms with van der Waals surface area (Å²) in [5.41, 5.74) is 0.0774. The molecule has 6 heteroatoms. The van der Waals surface area contributed by atoms with Gasteiger partial charge in [-0.2, -0.15) is 0 Å². The topological polar surface area (TPSA) is 57.7 Å². The zero-order valence-electron chi connectivity index (χ0n) is 12.1. The molecule has 1 atom stereocenters. The van der Waals surface area contributed by atoms with E-state index in [9.17, 15) is 13.2 Å². The average Bonchev–Trinajstić information content (AvgIpc) is 2.76. The van der Waals surface area contributed by atoms with Gasteiger partial charge in [-0.25, -0.2) is 13.2 Å². The molecule has 19 heavy (non-hydrogen) atoms. The molecular weight excluding hydrogens is 264 g/mol. The first kappa shape index (κ1) is 14.6. The van der Waals surface area contributed by atoms with Crippen molar-refractivity contribution in [3.05, 3.63) is 0 Å². The summed E-state index contributed by atoms with van der Waals surface area (Å²) in [6, 6.07) is 0.283. The number of sulfone groups is 1. The van der Waals surface area contributed by atoms with Crippen LogP contribution in [0.5, 0.6) is 0 Å². The first-order valence-electron chi connectivity index (χ1n) is 6.97. The zero-order valence-corrected chi connectivity index (χ0v) is 12.9. The molecule has 0 aliphatic carbocycles.